The predicted octanol–water partition coefficient (Wildman–Crippen LogP) is 5.17. The molecule has 0 bridgehead atoms. The molecule has 152 valence electrons. The Balaban J connectivity index is 1.71. The summed E-state index contributed by atoms with van der Waals surface area (Å²) in [6, 6.07) is 0. The Morgan fingerprint density at radius 1 is 1.19 bits per heavy atom. The molecule has 0 radical (unpaired) electrons. The lowest BCUT2D eigenvalue weighted by molar-refractivity contribution is 0.309. The van der Waals surface area contributed by atoms with E-state index in [0.29, 0.717) is 0 Å². The summed E-state index contributed by atoms with van der Waals surface area (Å²) in [6.07, 6.45) is 23.1. The zero-order valence-corrected chi connectivity index (χ0v) is 17.9. The average Bonchev–Trinajstić information content (AvgIpc) is 3.20. The maximum Gasteiger partial charge on any atom is 0.168 e. The van der Waals surface area contributed by atoms with E-state index in [1.54, 1.807) is 0 Å². The van der Waals surface area contributed by atoms with Crippen LogP contribution in [0.2, 0.25) is 0 Å². The number of aryl methyl sites for hydroxylation is 1. The SMILES string of the molecule is CCCCCCCCNC(=S)N(CCCn1ccnc1)CC1CC=CCC1. The number of rotatable bonds is 13. The lowest BCUT2D eigenvalue weighted by atomic mass is 9.94. The second-order valence-corrected chi connectivity index (χ2v) is 8.14. The van der Waals surface area contributed by atoms with Gasteiger partial charge in [-0.3, -0.25) is 0 Å². The van der Waals surface area contributed by atoms with Gasteiger partial charge in [0.05, 0.1) is 6.33 Å². The third kappa shape index (κ3) is 9.41. The average molecular weight is 391 g/mol. The van der Waals surface area contributed by atoms with Gasteiger partial charge in [0.25, 0.3) is 0 Å². The fraction of sp³-hybridized carbons (Fsp3) is 0.727. The molecule has 1 aliphatic carbocycles. The highest BCUT2D eigenvalue weighted by Gasteiger charge is 2.17. The van der Waals surface area contributed by atoms with Crippen LogP contribution in [0, 0.1) is 5.92 Å². The number of allylic oxidation sites excluding steroid dienone is 2. The Morgan fingerprint density at radius 3 is 2.78 bits per heavy atom. The lowest BCUT2D eigenvalue weighted by Crippen LogP contribution is -2.43. The van der Waals surface area contributed by atoms with E-state index in [9.17, 15) is 0 Å². The van der Waals surface area contributed by atoms with Crippen molar-refractivity contribution in [2.45, 2.75) is 77.7 Å². The summed E-state index contributed by atoms with van der Waals surface area (Å²) in [5, 5.41) is 4.48. The van der Waals surface area contributed by atoms with Crippen LogP contribution in [-0.4, -0.2) is 39.2 Å². The first kappa shape index (κ1) is 21.9. The van der Waals surface area contributed by atoms with Gasteiger partial charge in [0, 0.05) is 38.6 Å². The molecule has 1 N–H and O–H groups in total. The normalized spacial score (nSPS) is 16.4. The number of hydrogen-bond donors (Lipinski definition) is 1. The molecule has 1 atom stereocenters. The van der Waals surface area contributed by atoms with Crippen molar-refractivity contribution in [1.82, 2.24) is 19.8 Å². The van der Waals surface area contributed by atoms with Gasteiger partial charge in [0.2, 0.25) is 0 Å². The van der Waals surface area contributed by atoms with Gasteiger partial charge in [-0.2, -0.15) is 0 Å². The standard InChI is InChI=1S/C22H38N4S/c1-2-3-4-5-6-10-14-24-22(27)26(19-21-12-8-7-9-13-21)17-11-16-25-18-15-23-20-25/h7-8,15,18,20-21H,2-6,9-14,16-17,19H2,1H3,(H,24,27). The molecule has 0 amide bonds. The number of hydrogen-bond acceptors (Lipinski definition) is 2. The van der Waals surface area contributed by atoms with Crippen molar-refractivity contribution in [3.05, 3.63) is 30.9 Å². The van der Waals surface area contributed by atoms with Gasteiger partial charge in [-0.05, 0) is 50.2 Å². The van der Waals surface area contributed by atoms with E-state index in [0.717, 1.165) is 43.6 Å². The molecule has 1 heterocycles. The van der Waals surface area contributed by atoms with Crippen LogP contribution in [0.1, 0.15) is 71.1 Å². The van der Waals surface area contributed by atoms with E-state index in [1.807, 2.05) is 18.7 Å². The molecule has 0 saturated heterocycles. The van der Waals surface area contributed by atoms with E-state index in [-0.39, 0.29) is 0 Å². The zero-order chi connectivity index (χ0) is 19.2. The molecule has 0 aromatic carbocycles. The summed E-state index contributed by atoms with van der Waals surface area (Å²) >= 11 is 5.75. The smallest absolute Gasteiger partial charge is 0.168 e. The molecule has 0 saturated carbocycles. The molecule has 0 aliphatic heterocycles. The van der Waals surface area contributed by atoms with Gasteiger partial charge >= 0.3 is 0 Å². The fourth-order valence-electron chi connectivity index (χ4n) is 3.69. The second-order valence-electron chi connectivity index (χ2n) is 7.75. The Bertz CT molecular complexity index is 526. The topological polar surface area (TPSA) is 33.1 Å². The first-order valence-corrected chi connectivity index (χ1v) is 11.3. The molecule has 27 heavy (non-hydrogen) atoms. The number of unbranched alkanes of at least 4 members (excludes halogenated alkanes) is 5. The number of nitrogens with zero attached hydrogens (tertiary/aromatic N) is 3. The monoisotopic (exact) mass is 390 g/mol. The molecule has 1 aliphatic rings. The number of aromatic nitrogens is 2. The molecular formula is C22H38N4S. The summed E-state index contributed by atoms with van der Waals surface area (Å²) in [7, 11) is 0. The fourth-order valence-corrected chi connectivity index (χ4v) is 3.95. The van der Waals surface area contributed by atoms with Crippen molar-refractivity contribution in [3.8, 4) is 0 Å². The van der Waals surface area contributed by atoms with Gasteiger partial charge in [0.15, 0.2) is 5.11 Å². The van der Waals surface area contributed by atoms with Crippen LogP contribution in [0.4, 0.5) is 0 Å². The van der Waals surface area contributed by atoms with Gasteiger partial charge < -0.3 is 14.8 Å². The third-order valence-corrected chi connectivity index (χ3v) is 5.76. The molecule has 2 rings (SSSR count). The Labute approximate surface area is 171 Å². The largest absolute Gasteiger partial charge is 0.363 e. The lowest BCUT2D eigenvalue weighted by Gasteiger charge is -2.30. The minimum atomic E-state index is 0.733. The van der Waals surface area contributed by atoms with Gasteiger partial charge in [-0.25, -0.2) is 4.98 Å². The second kappa shape index (κ2) is 13.8. The number of imidazole rings is 1. The highest BCUT2D eigenvalue weighted by Crippen LogP contribution is 2.19. The maximum atomic E-state index is 5.75. The maximum absolute atomic E-state index is 5.75. The minimum Gasteiger partial charge on any atom is -0.363 e. The molecule has 5 heteroatoms. The minimum absolute atomic E-state index is 0.733. The van der Waals surface area contributed by atoms with E-state index in [1.165, 1.54) is 57.8 Å². The molecular weight excluding hydrogens is 352 g/mol. The summed E-state index contributed by atoms with van der Waals surface area (Å²) in [6.45, 7) is 6.37. The van der Waals surface area contributed by atoms with Crippen molar-refractivity contribution in [1.29, 1.82) is 0 Å². The van der Waals surface area contributed by atoms with E-state index in [2.05, 4.69) is 38.8 Å². The van der Waals surface area contributed by atoms with Crippen LogP contribution in [0.5, 0.6) is 0 Å². The van der Waals surface area contributed by atoms with Crippen molar-refractivity contribution in [3.63, 3.8) is 0 Å². The first-order valence-electron chi connectivity index (χ1n) is 10.9. The summed E-state index contributed by atoms with van der Waals surface area (Å²) in [5.74, 6) is 0.733. The van der Waals surface area contributed by atoms with Crippen molar-refractivity contribution in [2.75, 3.05) is 19.6 Å². The van der Waals surface area contributed by atoms with Crippen LogP contribution < -0.4 is 5.32 Å². The van der Waals surface area contributed by atoms with Crippen LogP contribution in [-0.2, 0) is 6.54 Å². The van der Waals surface area contributed by atoms with Crippen LogP contribution >= 0.6 is 12.2 Å². The Kier molecular flexibility index (Phi) is 11.2. The molecule has 1 aromatic rings. The van der Waals surface area contributed by atoms with Gasteiger partial charge in [-0.15, -0.1) is 0 Å². The van der Waals surface area contributed by atoms with Crippen molar-refractivity contribution < 1.29 is 0 Å². The number of thiocarbonyl (C=S) groups is 1. The molecule has 4 nitrogen and oxygen atoms in total. The van der Waals surface area contributed by atoms with Crippen LogP contribution in [0.25, 0.3) is 0 Å². The quantitative estimate of drug-likeness (QED) is 0.286. The Morgan fingerprint density at radius 2 is 2.04 bits per heavy atom. The first-order chi connectivity index (χ1) is 13.3. The van der Waals surface area contributed by atoms with Crippen LogP contribution in [0.3, 0.4) is 0 Å². The molecule has 0 spiro atoms. The van der Waals surface area contributed by atoms with Crippen molar-refractivity contribution in [2.24, 2.45) is 5.92 Å². The van der Waals surface area contributed by atoms with Crippen molar-refractivity contribution >= 4 is 17.3 Å². The highest BCUT2D eigenvalue weighted by atomic mass is 32.1. The summed E-state index contributed by atoms with van der Waals surface area (Å²) in [5.41, 5.74) is 0. The van der Waals surface area contributed by atoms with E-state index in [4.69, 9.17) is 12.2 Å². The van der Waals surface area contributed by atoms with E-state index < -0.39 is 0 Å². The summed E-state index contributed by atoms with van der Waals surface area (Å²) in [4.78, 5) is 6.54. The van der Waals surface area contributed by atoms with Gasteiger partial charge in [0.1, 0.15) is 0 Å². The third-order valence-electron chi connectivity index (χ3n) is 5.35. The predicted molar refractivity (Wildman–Crippen MR) is 119 cm³/mol. The zero-order valence-electron chi connectivity index (χ0n) is 17.1. The van der Waals surface area contributed by atoms with Gasteiger partial charge in [-0.1, -0.05) is 51.2 Å². The summed E-state index contributed by atoms with van der Waals surface area (Å²) < 4.78 is 2.15. The molecule has 1 unspecified atom stereocenters. The van der Waals surface area contributed by atoms with Crippen LogP contribution in [0.15, 0.2) is 30.9 Å². The molecule has 1 aromatic heterocycles. The van der Waals surface area contributed by atoms with E-state index >= 15 is 0 Å². The highest BCUT2D eigenvalue weighted by molar-refractivity contribution is 7.80. The molecule has 0 fully saturated rings. The number of nitrogens with one attached hydrogen (secondary N) is 1. The Hall–Kier alpha value is -1.36.